The number of carbonyl (C=O) groups is 1. The van der Waals surface area contributed by atoms with Crippen LogP contribution < -0.4 is 4.90 Å². The molecule has 1 aromatic carbocycles. The zero-order chi connectivity index (χ0) is 26.6. The summed E-state index contributed by atoms with van der Waals surface area (Å²) in [5, 5.41) is 0. The quantitative estimate of drug-likeness (QED) is 0.390. The highest BCUT2D eigenvalue weighted by atomic mass is 19.4. The standard InChI is InChI=1S/C28H27F3N6O/c1-17-10-18(2)33-27(32-17)36-15-21-13-35(14-22(21)16-36)26(38)25-24(20-6-4-3-5-7-20)34-23-11-19(8-9-37(23)25)12-28(29,30)31/h3-11,21-22H,12-16H2,1-2H3. The second-order valence-electron chi connectivity index (χ2n) is 10.3. The number of pyridine rings is 1. The molecule has 0 saturated carbocycles. The summed E-state index contributed by atoms with van der Waals surface area (Å²) in [7, 11) is 0. The molecule has 2 aliphatic rings. The molecule has 0 N–H and O–H groups in total. The van der Waals surface area contributed by atoms with Crippen LogP contribution in [0.2, 0.25) is 0 Å². The Hall–Kier alpha value is -3.95. The molecule has 1 amide bonds. The number of hydrogen-bond donors (Lipinski definition) is 0. The minimum atomic E-state index is -4.32. The molecule has 6 rings (SSSR count). The SMILES string of the molecule is Cc1cc(C)nc(N2CC3CN(C(=O)c4c(-c5ccccc5)nc5cc(CC(F)(F)F)ccn45)CC3C2)n1. The summed E-state index contributed by atoms with van der Waals surface area (Å²) >= 11 is 0. The third-order valence-electron chi connectivity index (χ3n) is 7.37. The lowest BCUT2D eigenvalue weighted by Gasteiger charge is -2.22. The lowest BCUT2D eigenvalue weighted by Crippen LogP contribution is -2.34. The van der Waals surface area contributed by atoms with Crippen molar-refractivity contribution in [1.82, 2.24) is 24.3 Å². The fourth-order valence-electron chi connectivity index (χ4n) is 5.75. The van der Waals surface area contributed by atoms with Gasteiger partial charge in [-0.25, -0.2) is 15.0 Å². The third kappa shape index (κ3) is 4.59. The molecule has 0 aliphatic carbocycles. The highest BCUT2D eigenvalue weighted by Crippen LogP contribution is 2.35. The Morgan fingerprint density at radius 3 is 2.21 bits per heavy atom. The van der Waals surface area contributed by atoms with E-state index in [0.29, 0.717) is 42.0 Å². The van der Waals surface area contributed by atoms with Crippen LogP contribution in [0.3, 0.4) is 0 Å². The molecule has 196 valence electrons. The van der Waals surface area contributed by atoms with Crippen molar-refractivity contribution in [3.05, 3.63) is 77.4 Å². The van der Waals surface area contributed by atoms with Crippen LogP contribution in [0.4, 0.5) is 19.1 Å². The van der Waals surface area contributed by atoms with Crippen molar-refractivity contribution in [2.45, 2.75) is 26.4 Å². The molecule has 5 heterocycles. The van der Waals surface area contributed by atoms with E-state index in [9.17, 15) is 18.0 Å². The maximum Gasteiger partial charge on any atom is 0.393 e. The molecule has 2 saturated heterocycles. The molecule has 0 radical (unpaired) electrons. The molecule has 2 atom stereocenters. The molecular weight excluding hydrogens is 493 g/mol. The van der Waals surface area contributed by atoms with Gasteiger partial charge in [0.25, 0.3) is 5.91 Å². The Balaban J connectivity index is 1.29. The van der Waals surface area contributed by atoms with Gasteiger partial charge in [0, 0.05) is 61.2 Å². The number of nitrogens with zero attached hydrogens (tertiary/aromatic N) is 6. The molecule has 3 aromatic heterocycles. The molecule has 0 spiro atoms. The van der Waals surface area contributed by atoms with Crippen LogP contribution in [-0.2, 0) is 6.42 Å². The van der Waals surface area contributed by atoms with E-state index in [-0.39, 0.29) is 11.5 Å². The summed E-state index contributed by atoms with van der Waals surface area (Å²) in [6, 6.07) is 14.1. The van der Waals surface area contributed by atoms with E-state index >= 15 is 0 Å². The minimum Gasteiger partial charge on any atom is -0.340 e. The van der Waals surface area contributed by atoms with E-state index in [4.69, 9.17) is 0 Å². The fraction of sp³-hybridized carbons (Fsp3) is 0.357. The molecule has 4 aromatic rings. The molecular formula is C28H27F3N6O. The average molecular weight is 521 g/mol. The van der Waals surface area contributed by atoms with Crippen molar-refractivity contribution >= 4 is 17.5 Å². The van der Waals surface area contributed by atoms with E-state index in [1.807, 2.05) is 55.1 Å². The first-order chi connectivity index (χ1) is 18.1. The van der Waals surface area contributed by atoms with Crippen LogP contribution in [0.1, 0.15) is 27.4 Å². The van der Waals surface area contributed by atoms with Gasteiger partial charge in [-0.15, -0.1) is 0 Å². The Morgan fingerprint density at radius 1 is 0.921 bits per heavy atom. The van der Waals surface area contributed by atoms with Gasteiger partial charge in [-0.2, -0.15) is 13.2 Å². The van der Waals surface area contributed by atoms with Crippen molar-refractivity contribution in [3.8, 4) is 11.3 Å². The number of amides is 1. The first-order valence-corrected chi connectivity index (χ1v) is 12.6. The normalized spacial score (nSPS) is 19.4. The van der Waals surface area contributed by atoms with E-state index < -0.39 is 12.6 Å². The van der Waals surface area contributed by atoms with E-state index in [1.165, 1.54) is 18.3 Å². The van der Waals surface area contributed by atoms with Gasteiger partial charge in [0.05, 0.1) is 6.42 Å². The predicted octanol–water partition coefficient (Wildman–Crippen LogP) is 4.72. The minimum absolute atomic E-state index is 0.109. The van der Waals surface area contributed by atoms with E-state index in [0.717, 1.165) is 36.0 Å². The van der Waals surface area contributed by atoms with Gasteiger partial charge in [-0.1, -0.05) is 30.3 Å². The Morgan fingerprint density at radius 2 is 1.58 bits per heavy atom. The Kier molecular flexibility index (Phi) is 5.85. The second-order valence-corrected chi connectivity index (χ2v) is 10.3. The van der Waals surface area contributed by atoms with Gasteiger partial charge in [0.1, 0.15) is 17.0 Å². The molecule has 38 heavy (non-hydrogen) atoms. The van der Waals surface area contributed by atoms with Crippen LogP contribution in [0.25, 0.3) is 16.9 Å². The lowest BCUT2D eigenvalue weighted by atomic mass is 10.0. The fourth-order valence-corrected chi connectivity index (χ4v) is 5.75. The van der Waals surface area contributed by atoms with Crippen LogP contribution in [0.5, 0.6) is 0 Å². The zero-order valence-corrected chi connectivity index (χ0v) is 21.1. The largest absolute Gasteiger partial charge is 0.393 e. The summed E-state index contributed by atoms with van der Waals surface area (Å²) in [5.41, 5.74) is 3.89. The van der Waals surface area contributed by atoms with E-state index in [2.05, 4.69) is 19.9 Å². The van der Waals surface area contributed by atoms with Crippen LogP contribution in [-0.4, -0.2) is 62.5 Å². The highest BCUT2D eigenvalue weighted by Gasteiger charge is 2.43. The monoisotopic (exact) mass is 520 g/mol. The van der Waals surface area contributed by atoms with E-state index in [1.54, 1.807) is 4.40 Å². The number of rotatable bonds is 4. The average Bonchev–Trinajstić information content (AvgIpc) is 3.54. The summed E-state index contributed by atoms with van der Waals surface area (Å²) in [6.07, 6.45) is -3.84. The number of aryl methyl sites for hydroxylation is 2. The van der Waals surface area contributed by atoms with Crippen LogP contribution >= 0.6 is 0 Å². The van der Waals surface area contributed by atoms with Gasteiger partial charge >= 0.3 is 6.18 Å². The molecule has 0 bridgehead atoms. The number of hydrogen-bond acceptors (Lipinski definition) is 5. The first-order valence-electron chi connectivity index (χ1n) is 12.6. The zero-order valence-electron chi connectivity index (χ0n) is 21.1. The van der Waals surface area contributed by atoms with Crippen molar-refractivity contribution in [1.29, 1.82) is 0 Å². The molecule has 2 unspecified atom stereocenters. The van der Waals surface area contributed by atoms with Gasteiger partial charge in [0.15, 0.2) is 0 Å². The van der Waals surface area contributed by atoms with Gasteiger partial charge in [0.2, 0.25) is 5.95 Å². The number of fused-ring (bicyclic) bond motifs is 2. The smallest absolute Gasteiger partial charge is 0.340 e. The van der Waals surface area contributed by atoms with Crippen molar-refractivity contribution in [3.63, 3.8) is 0 Å². The summed E-state index contributed by atoms with van der Waals surface area (Å²) in [6.45, 7) is 6.66. The van der Waals surface area contributed by atoms with Crippen LogP contribution in [0.15, 0.2) is 54.7 Å². The number of benzene rings is 1. The number of aromatic nitrogens is 4. The predicted molar refractivity (Wildman–Crippen MR) is 137 cm³/mol. The van der Waals surface area contributed by atoms with Crippen LogP contribution in [0, 0.1) is 25.7 Å². The Labute approximate surface area is 218 Å². The molecule has 2 aliphatic heterocycles. The second kappa shape index (κ2) is 9.11. The lowest BCUT2D eigenvalue weighted by molar-refractivity contribution is -0.127. The van der Waals surface area contributed by atoms with Crippen molar-refractivity contribution in [2.75, 3.05) is 31.1 Å². The number of carbonyl (C=O) groups excluding carboxylic acids is 1. The number of anilines is 1. The topological polar surface area (TPSA) is 66.6 Å². The molecule has 2 fully saturated rings. The summed E-state index contributed by atoms with van der Waals surface area (Å²) in [4.78, 5) is 31.8. The number of imidazole rings is 1. The molecule has 7 nitrogen and oxygen atoms in total. The van der Waals surface area contributed by atoms with Gasteiger partial charge in [-0.05, 0) is 37.6 Å². The highest BCUT2D eigenvalue weighted by molar-refractivity contribution is 6.00. The van der Waals surface area contributed by atoms with Gasteiger partial charge < -0.3 is 9.80 Å². The number of likely N-dealkylation sites (tertiary alicyclic amines) is 1. The number of alkyl halides is 3. The molecule has 10 heteroatoms. The Bertz CT molecular complexity index is 1480. The third-order valence-corrected chi connectivity index (χ3v) is 7.37. The number of halogens is 3. The first kappa shape index (κ1) is 24.4. The summed E-state index contributed by atoms with van der Waals surface area (Å²) in [5.74, 6) is 1.16. The maximum atomic E-state index is 13.9. The van der Waals surface area contributed by atoms with Crippen molar-refractivity contribution in [2.24, 2.45) is 11.8 Å². The van der Waals surface area contributed by atoms with Crippen molar-refractivity contribution < 1.29 is 18.0 Å². The summed E-state index contributed by atoms with van der Waals surface area (Å²) < 4.78 is 40.7. The maximum absolute atomic E-state index is 13.9. The van der Waals surface area contributed by atoms with Gasteiger partial charge in [-0.3, -0.25) is 9.20 Å².